The first-order valence-corrected chi connectivity index (χ1v) is 6.89. The molecule has 0 radical (unpaired) electrons. The molecule has 0 aromatic heterocycles. The Kier molecular flexibility index (Phi) is 12.1. The summed E-state index contributed by atoms with van der Waals surface area (Å²) in [5.74, 6) is 3.18. The Labute approximate surface area is 97.3 Å². The van der Waals surface area contributed by atoms with Crippen molar-refractivity contribution < 1.29 is 4.74 Å². The number of ether oxygens (including phenoxy) is 1. The highest BCUT2D eigenvalue weighted by Crippen LogP contribution is 2.02. The number of rotatable bonds is 10. The van der Waals surface area contributed by atoms with Crippen LogP contribution in [0.2, 0.25) is 0 Å². The minimum absolute atomic E-state index is 0.713. The lowest BCUT2D eigenvalue weighted by molar-refractivity contribution is 0.151. The van der Waals surface area contributed by atoms with Gasteiger partial charge in [-0.1, -0.05) is 6.92 Å². The summed E-state index contributed by atoms with van der Waals surface area (Å²) in [6.45, 7) is 6.12. The molecule has 0 aliphatic rings. The predicted octanol–water partition coefficient (Wildman–Crippen LogP) is 2.32. The van der Waals surface area contributed by atoms with Crippen LogP contribution in [0.4, 0.5) is 0 Å². The van der Waals surface area contributed by atoms with Crippen molar-refractivity contribution in [3.63, 3.8) is 0 Å². The van der Waals surface area contributed by atoms with Gasteiger partial charge in [0, 0.05) is 26.1 Å². The van der Waals surface area contributed by atoms with E-state index in [0.717, 1.165) is 26.2 Å². The Morgan fingerprint density at radius 2 is 2.07 bits per heavy atom. The van der Waals surface area contributed by atoms with Gasteiger partial charge < -0.3 is 4.74 Å². The maximum atomic E-state index is 5.73. The molecule has 14 heavy (non-hydrogen) atoms. The van der Waals surface area contributed by atoms with Gasteiger partial charge in [-0.25, -0.2) is 0 Å². The van der Waals surface area contributed by atoms with E-state index in [1.54, 1.807) is 7.11 Å². The molecule has 0 spiro atoms. The molecule has 0 bridgehead atoms. The van der Waals surface area contributed by atoms with Gasteiger partial charge in [-0.2, -0.15) is 11.8 Å². The summed E-state index contributed by atoms with van der Waals surface area (Å²) in [6, 6.07) is 0. The zero-order chi connectivity index (χ0) is 10.6. The lowest BCUT2D eigenvalue weighted by atomic mass is 10.4. The van der Waals surface area contributed by atoms with Crippen molar-refractivity contribution in [2.24, 2.45) is 0 Å². The second-order valence-corrected chi connectivity index (χ2v) is 4.85. The van der Waals surface area contributed by atoms with Crippen molar-refractivity contribution in [3.8, 4) is 0 Å². The van der Waals surface area contributed by atoms with Crippen LogP contribution in [0, 0.1) is 0 Å². The Morgan fingerprint density at radius 1 is 1.29 bits per heavy atom. The first kappa shape index (κ1) is 14.6. The highest BCUT2D eigenvalue weighted by molar-refractivity contribution is 7.99. The summed E-state index contributed by atoms with van der Waals surface area (Å²) in [5, 5.41) is 0. The minimum atomic E-state index is 0.713. The van der Waals surface area contributed by atoms with Crippen LogP contribution >= 0.6 is 23.4 Å². The maximum absolute atomic E-state index is 5.73. The zero-order valence-corrected chi connectivity index (χ0v) is 10.9. The lowest BCUT2D eigenvalue weighted by Gasteiger charge is -2.20. The molecule has 86 valence electrons. The van der Waals surface area contributed by atoms with Crippen molar-refractivity contribution in [1.82, 2.24) is 4.90 Å². The van der Waals surface area contributed by atoms with Crippen LogP contribution in [0.1, 0.15) is 13.3 Å². The van der Waals surface area contributed by atoms with Gasteiger partial charge in [0.25, 0.3) is 0 Å². The topological polar surface area (TPSA) is 12.5 Å². The normalized spacial score (nSPS) is 11.1. The molecule has 0 atom stereocenters. The zero-order valence-electron chi connectivity index (χ0n) is 9.30. The van der Waals surface area contributed by atoms with Crippen molar-refractivity contribution in [1.29, 1.82) is 0 Å². The molecule has 0 saturated heterocycles. The largest absolute Gasteiger partial charge is 0.383 e. The Hall–Kier alpha value is 0.560. The number of methoxy groups -OCH3 is 1. The van der Waals surface area contributed by atoms with Crippen molar-refractivity contribution in [3.05, 3.63) is 0 Å². The fourth-order valence-corrected chi connectivity index (χ4v) is 2.07. The number of thioether (sulfide) groups is 1. The summed E-state index contributed by atoms with van der Waals surface area (Å²) < 4.78 is 5.06. The summed E-state index contributed by atoms with van der Waals surface area (Å²) >= 11 is 7.73. The Bertz CT molecular complexity index is 116. The Morgan fingerprint density at radius 3 is 2.64 bits per heavy atom. The highest BCUT2D eigenvalue weighted by atomic mass is 35.5. The molecule has 0 aromatic rings. The quantitative estimate of drug-likeness (QED) is 0.429. The smallest absolute Gasteiger partial charge is 0.0589 e. The molecule has 0 aromatic carbocycles. The van der Waals surface area contributed by atoms with Crippen LogP contribution in [0.15, 0.2) is 0 Å². The summed E-state index contributed by atoms with van der Waals surface area (Å²) in [4.78, 5) is 2.37. The molecule has 4 heteroatoms. The van der Waals surface area contributed by atoms with Crippen molar-refractivity contribution >= 4 is 23.4 Å². The van der Waals surface area contributed by atoms with Gasteiger partial charge in [-0.15, -0.1) is 11.6 Å². The van der Waals surface area contributed by atoms with Crippen LogP contribution < -0.4 is 0 Å². The molecule has 0 fully saturated rings. The Balaban J connectivity index is 3.40. The van der Waals surface area contributed by atoms with E-state index >= 15 is 0 Å². The van der Waals surface area contributed by atoms with Gasteiger partial charge in [0.15, 0.2) is 0 Å². The molecular formula is C10H22ClNOS. The van der Waals surface area contributed by atoms with Gasteiger partial charge in [0.1, 0.15) is 0 Å². The standard InChI is InChI=1S/C10H22ClNOS/c1-3-14-10-4-6-12(7-5-11)8-9-13-2/h3-10H2,1-2H3. The maximum Gasteiger partial charge on any atom is 0.0589 e. The van der Waals surface area contributed by atoms with E-state index in [2.05, 4.69) is 11.8 Å². The van der Waals surface area contributed by atoms with Gasteiger partial charge in [0.2, 0.25) is 0 Å². The van der Waals surface area contributed by atoms with E-state index in [1.807, 2.05) is 11.8 Å². The molecular weight excluding hydrogens is 218 g/mol. The van der Waals surface area contributed by atoms with Crippen LogP contribution in [0.25, 0.3) is 0 Å². The molecule has 0 aliphatic carbocycles. The molecule has 0 saturated carbocycles. The lowest BCUT2D eigenvalue weighted by Crippen LogP contribution is -2.30. The third-order valence-corrected chi connectivity index (χ3v) is 3.13. The fourth-order valence-electron chi connectivity index (χ4n) is 1.21. The third-order valence-electron chi connectivity index (χ3n) is 1.98. The van der Waals surface area contributed by atoms with Crippen LogP contribution in [-0.2, 0) is 4.74 Å². The predicted molar refractivity (Wildman–Crippen MR) is 66.7 cm³/mol. The number of hydrogen-bond donors (Lipinski definition) is 0. The van der Waals surface area contributed by atoms with E-state index in [4.69, 9.17) is 16.3 Å². The monoisotopic (exact) mass is 239 g/mol. The molecule has 0 rings (SSSR count). The molecule has 0 amide bonds. The van der Waals surface area contributed by atoms with E-state index in [0.29, 0.717) is 5.88 Å². The van der Waals surface area contributed by atoms with E-state index in [-0.39, 0.29) is 0 Å². The van der Waals surface area contributed by atoms with Gasteiger partial charge in [0.05, 0.1) is 6.61 Å². The number of hydrogen-bond acceptors (Lipinski definition) is 3. The van der Waals surface area contributed by atoms with Gasteiger partial charge >= 0.3 is 0 Å². The summed E-state index contributed by atoms with van der Waals surface area (Å²) in [5.41, 5.74) is 0. The van der Waals surface area contributed by atoms with Crippen LogP contribution in [-0.4, -0.2) is 55.6 Å². The number of nitrogens with zero attached hydrogens (tertiary/aromatic N) is 1. The minimum Gasteiger partial charge on any atom is -0.383 e. The van der Waals surface area contributed by atoms with E-state index < -0.39 is 0 Å². The van der Waals surface area contributed by atoms with Crippen molar-refractivity contribution in [2.75, 3.05) is 50.7 Å². The van der Waals surface area contributed by atoms with Gasteiger partial charge in [-0.05, 0) is 24.5 Å². The number of halogens is 1. The van der Waals surface area contributed by atoms with E-state index in [9.17, 15) is 0 Å². The van der Waals surface area contributed by atoms with Crippen LogP contribution in [0.5, 0.6) is 0 Å². The summed E-state index contributed by atoms with van der Waals surface area (Å²) in [7, 11) is 1.74. The highest BCUT2D eigenvalue weighted by Gasteiger charge is 2.02. The average Bonchev–Trinajstić information content (AvgIpc) is 2.20. The molecule has 0 aliphatic heterocycles. The van der Waals surface area contributed by atoms with E-state index in [1.165, 1.54) is 17.9 Å². The first-order chi connectivity index (χ1) is 6.85. The summed E-state index contributed by atoms with van der Waals surface area (Å²) in [6.07, 6.45) is 1.25. The molecule has 0 heterocycles. The second-order valence-electron chi connectivity index (χ2n) is 3.07. The third kappa shape index (κ3) is 9.13. The number of alkyl halides is 1. The molecule has 2 nitrogen and oxygen atoms in total. The molecule has 0 N–H and O–H groups in total. The van der Waals surface area contributed by atoms with Crippen LogP contribution in [0.3, 0.4) is 0 Å². The molecule has 0 unspecified atom stereocenters. The second kappa shape index (κ2) is 11.6. The van der Waals surface area contributed by atoms with Crippen molar-refractivity contribution in [2.45, 2.75) is 13.3 Å². The van der Waals surface area contributed by atoms with Gasteiger partial charge in [-0.3, -0.25) is 4.90 Å². The average molecular weight is 240 g/mol. The SMILES string of the molecule is CCSCCCN(CCCl)CCOC. The first-order valence-electron chi connectivity index (χ1n) is 5.20. The fraction of sp³-hybridized carbons (Fsp3) is 1.00.